The number of rotatable bonds is 8. The Morgan fingerprint density at radius 2 is 2.11 bits per heavy atom. The van der Waals surface area contributed by atoms with E-state index in [-0.39, 0.29) is 6.10 Å². The summed E-state index contributed by atoms with van der Waals surface area (Å²) in [5.41, 5.74) is 1.21. The molecule has 0 aliphatic heterocycles. The molecule has 0 amide bonds. The average molecular weight is 251 g/mol. The molecule has 0 saturated heterocycles. The van der Waals surface area contributed by atoms with Gasteiger partial charge < -0.3 is 15.2 Å². The van der Waals surface area contributed by atoms with Crippen molar-refractivity contribution in [3.05, 3.63) is 29.8 Å². The average Bonchev–Trinajstić information content (AvgIpc) is 2.33. The van der Waals surface area contributed by atoms with Gasteiger partial charge in [-0.3, -0.25) is 0 Å². The third-order valence-electron chi connectivity index (χ3n) is 2.72. The maximum atomic E-state index is 9.30. The van der Waals surface area contributed by atoms with Crippen LogP contribution in [0.4, 0.5) is 0 Å². The number of aliphatic hydroxyl groups excluding tert-OH is 1. The first-order valence-electron chi connectivity index (χ1n) is 6.75. The Bertz CT molecular complexity index is 339. The van der Waals surface area contributed by atoms with Gasteiger partial charge >= 0.3 is 0 Å². The second kappa shape index (κ2) is 8.11. The number of nitrogens with one attached hydrogen (secondary N) is 1. The molecule has 0 fully saturated rings. The van der Waals surface area contributed by atoms with Crippen molar-refractivity contribution in [2.75, 3.05) is 6.61 Å². The zero-order valence-corrected chi connectivity index (χ0v) is 11.6. The minimum Gasteiger partial charge on any atom is -0.494 e. The molecular weight excluding hydrogens is 226 g/mol. The molecule has 0 saturated carbocycles. The van der Waals surface area contributed by atoms with Gasteiger partial charge in [-0.15, -0.1) is 0 Å². The van der Waals surface area contributed by atoms with Crippen molar-refractivity contribution in [2.45, 2.75) is 52.3 Å². The van der Waals surface area contributed by atoms with Gasteiger partial charge in [0.2, 0.25) is 0 Å². The molecule has 0 aliphatic rings. The number of aliphatic hydroxyl groups is 1. The van der Waals surface area contributed by atoms with E-state index in [0.717, 1.165) is 31.7 Å². The van der Waals surface area contributed by atoms with E-state index in [4.69, 9.17) is 4.74 Å². The van der Waals surface area contributed by atoms with Crippen molar-refractivity contribution in [3.8, 4) is 5.75 Å². The van der Waals surface area contributed by atoms with Gasteiger partial charge in [-0.25, -0.2) is 0 Å². The number of hydrogen-bond donors (Lipinski definition) is 2. The molecule has 0 spiro atoms. The van der Waals surface area contributed by atoms with Crippen LogP contribution in [0.15, 0.2) is 24.3 Å². The molecular formula is C15H25NO2. The van der Waals surface area contributed by atoms with E-state index in [1.165, 1.54) is 5.56 Å². The second-order valence-corrected chi connectivity index (χ2v) is 4.86. The van der Waals surface area contributed by atoms with Crippen molar-refractivity contribution >= 4 is 0 Å². The molecule has 2 atom stereocenters. The second-order valence-electron chi connectivity index (χ2n) is 4.86. The third-order valence-corrected chi connectivity index (χ3v) is 2.72. The molecule has 0 heterocycles. The zero-order valence-electron chi connectivity index (χ0n) is 11.6. The van der Waals surface area contributed by atoms with Crippen LogP contribution in [0, 0.1) is 0 Å². The van der Waals surface area contributed by atoms with Crippen molar-refractivity contribution in [2.24, 2.45) is 0 Å². The van der Waals surface area contributed by atoms with E-state index in [1.54, 1.807) is 0 Å². The molecule has 1 aromatic carbocycles. The molecule has 0 aromatic heterocycles. The fourth-order valence-corrected chi connectivity index (χ4v) is 1.85. The standard InChI is InChI=1S/C15H25NO2/c1-4-8-18-15-7-5-6-14(10-15)11-16-12(2)9-13(3)17/h5-7,10,12-13,16-17H,4,8-9,11H2,1-3H3. The molecule has 0 aliphatic carbocycles. The van der Waals surface area contributed by atoms with Crippen LogP contribution in [0.5, 0.6) is 5.75 Å². The van der Waals surface area contributed by atoms with Crippen LogP contribution in [0.3, 0.4) is 0 Å². The molecule has 18 heavy (non-hydrogen) atoms. The van der Waals surface area contributed by atoms with E-state index >= 15 is 0 Å². The smallest absolute Gasteiger partial charge is 0.119 e. The Labute approximate surface area is 110 Å². The first-order valence-corrected chi connectivity index (χ1v) is 6.75. The monoisotopic (exact) mass is 251 g/mol. The van der Waals surface area contributed by atoms with Gasteiger partial charge in [-0.05, 0) is 44.4 Å². The number of benzene rings is 1. The fraction of sp³-hybridized carbons (Fsp3) is 0.600. The van der Waals surface area contributed by atoms with Gasteiger partial charge in [0.1, 0.15) is 5.75 Å². The van der Waals surface area contributed by atoms with Crippen LogP contribution in [-0.2, 0) is 6.54 Å². The Morgan fingerprint density at radius 3 is 2.78 bits per heavy atom. The summed E-state index contributed by atoms with van der Waals surface area (Å²) >= 11 is 0. The molecule has 3 heteroatoms. The van der Waals surface area contributed by atoms with Gasteiger partial charge in [0, 0.05) is 12.6 Å². The Hall–Kier alpha value is -1.06. The third kappa shape index (κ3) is 6.03. The predicted molar refractivity (Wildman–Crippen MR) is 74.8 cm³/mol. The highest BCUT2D eigenvalue weighted by Gasteiger charge is 2.05. The molecule has 102 valence electrons. The lowest BCUT2D eigenvalue weighted by Crippen LogP contribution is -2.28. The van der Waals surface area contributed by atoms with Crippen LogP contribution >= 0.6 is 0 Å². The van der Waals surface area contributed by atoms with Gasteiger partial charge in [0.15, 0.2) is 0 Å². The van der Waals surface area contributed by atoms with Crippen LogP contribution in [0.1, 0.15) is 39.2 Å². The minimum atomic E-state index is -0.258. The Kier molecular flexibility index (Phi) is 6.76. The molecule has 2 unspecified atom stereocenters. The molecule has 2 N–H and O–H groups in total. The molecule has 3 nitrogen and oxygen atoms in total. The van der Waals surface area contributed by atoms with Crippen LogP contribution in [-0.4, -0.2) is 23.9 Å². The highest BCUT2D eigenvalue weighted by Crippen LogP contribution is 2.13. The SMILES string of the molecule is CCCOc1cccc(CNC(C)CC(C)O)c1. The van der Waals surface area contributed by atoms with E-state index in [0.29, 0.717) is 6.04 Å². The normalized spacial score (nSPS) is 14.2. The van der Waals surface area contributed by atoms with Crippen molar-refractivity contribution in [1.82, 2.24) is 5.32 Å². The minimum absolute atomic E-state index is 0.258. The summed E-state index contributed by atoms with van der Waals surface area (Å²) in [4.78, 5) is 0. The lowest BCUT2D eigenvalue weighted by atomic mass is 10.1. The van der Waals surface area contributed by atoms with Gasteiger partial charge in [0.25, 0.3) is 0 Å². The van der Waals surface area contributed by atoms with E-state index < -0.39 is 0 Å². The summed E-state index contributed by atoms with van der Waals surface area (Å²) in [7, 11) is 0. The number of hydrogen-bond acceptors (Lipinski definition) is 3. The largest absolute Gasteiger partial charge is 0.494 e. The quantitative estimate of drug-likeness (QED) is 0.746. The van der Waals surface area contributed by atoms with E-state index in [1.807, 2.05) is 19.1 Å². The van der Waals surface area contributed by atoms with Gasteiger partial charge in [-0.1, -0.05) is 19.1 Å². The lowest BCUT2D eigenvalue weighted by Gasteiger charge is -2.15. The van der Waals surface area contributed by atoms with Crippen LogP contribution in [0.25, 0.3) is 0 Å². The topological polar surface area (TPSA) is 41.5 Å². The first-order chi connectivity index (χ1) is 8.61. The maximum Gasteiger partial charge on any atom is 0.119 e. The summed E-state index contributed by atoms with van der Waals surface area (Å²) in [6, 6.07) is 8.46. The lowest BCUT2D eigenvalue weighted by molar-refractivity contribution is 0.170. The Morgan fingerprint density at radius 1 is 1.33 bits per heavy atom. The van der Waals surface area contributed by atoms with Crippen molar-refractivity contribution in [3.63, 3.8) is 0 Å². The molecule has 1 rings (SSSR count). The summed E-state index contributed by atoms with van der Waals surface area (Å²) < 4.78 is 5.60. The number of ether oxygens (including phenoxy) is 1. The summed E-state index contributed by atoms with van der Waals surface area (Å²) in [6.45, 7) is 7.57. The summed E-state index contributed by atoms with van der Waals surface area (Å²) in [5.74, 6) is 0.930. The van der Waals surface area contributed by atoms with E-state index in [2.05, 4.69) is 31.3 Å². The van der Waals surface area contributed by atoms with Crippen molar-refractivity contribution in [1.29, 1.82) is 0 Å². The highest BCUT2D eigenvalue weighted by atomic mass is 16.5. The summed E-state index contributed by atoms with van der Waals surface area (Å²) in [6.07, 6.45) is 1.53. The predicted octanol–water partition coefficient (Wildman–Crippen LogP) is 2.72. The summed E-state index contributed by atoms with van der Waals surface area (Å²) in [5, 5.41) is 12.7. The van der Waals surface area contributed by atoms with Crippen molar-refractivity contribution < 1.29 is 9.84 Å². The van der Waals surface area contributed by atoms with Gasteiger partial charge in [-0.2, -0.15) is 0 Å². The van der Waals surface area contributed by atoms with Crippen LogP contribution < -0.4 is 10.1 Å². The fourth-order valence-electron chi connectivity index (χ4n) is 1.85. The zero-order chi connectivity index (χ0) is 13.4. The van der Waals surface area contributed by atoms with E-state index in [9.17, 15) is 5.11 Å². The Balaban J connectivity index is 2.41. The van der Waals surface area contributed by atoms with Crippen LogP contribution in [0.2, 0.25) is 0 Å². The molecule has 1 aromatic rings. The molecule has 0 radical (unpaired) electrons. The van der Waals surface area contributed by atoms with Gasteiger partial charge in [0.05, 0.1) is 12.7 Å². The first kappa shape index (κ1) is 15.0. The molecule has 0 bridgehead atoms. The highest BCUT2D eigenvalue weighted by molar-refractivity contribution is 5.28. The maximum absolute atomic E-state index is 9.30.